The van der Waals surface area contributed by atoms with E-state index in [0.29, 0.717) is 17.9 Å². The van der Waals surface area contributed by atoms with Gasteiger partial charge in [0.2, 0.25) is 0 Å². The van der Waals surface area contributed by atoms with Crippen molar-refractivity contribution in [3.63, 3.8) is 0 Å². The first kappa shape index (κ1) is 17.8. The second kappa shape index (κ2) is 7.18. The predicted octanol–water partition coefficient (Wildman–Crippen LogP) is 4.22. The SMILES string of the molecule is COc1ccc([C@H]2[C@@H]3CN(Cc4ccc(F)c(Cl)c4)C[C@@H]3CN2C)cc1. The fourth-order valence-electron chi connectivity index (χ4n) is 4.68. The lowest BCUT2D eigenvalue weighted by Crippen LogP contribution is -2.28. The summed E-state index contributed by atoms with van der Waals surface area (Å²) in [5.41, 5.74) is 2.43. The monoisotopic (exact) mass is 374 g/mol. The Morgan fingerprint density at radius 2 is 1.88 bits per heavy atom. The Bertz CT molecular complexity index is 782. The molecule has 3 nitrogen and oxygen atoms in total. The molecule has 3 atom stereocenters. The van der Waals surface area contributed by atoms with Gasteiger partial charge in [0.1, 0.15) is 11.6 Å². The molecule has 0 unspecified atom stereocenters. The van der Waals surface area contributed by atoms with Crippen LogP contribution in [0.3, 0.4) is 0 Å². The van der Waals surface area contributed by atoms with Crippen LogP contribution in [0.25, 0.3) is 0 Å². The number of ether oxygens (including phenoxy) is 1. The van der Waals surface area contributed by atoms with Crippen LogP contribution in [0, 0.1) is 17.7 Å². The molecule has 2 saturated heterocycles. The average Bonchev–Trinajstić information content (AvgIpc) is 3.14. The predicted molar refractivity (Wildman–Crippen MR) is 102 cm³/mol. The summed E-state index contributed by atoms with van der Waals surface area (Å²) in [4.78, 5) is 4.95. The fraction of sp³-hybridized carbons (Fsp3) is 0.429. The van der Waals surface area contributed by atoms with E-state index in [-0.39, 0.29) is 10.8 Å². The van der Waals surface area contributed by atoms with E-state index in [1.165, 1.54) is 11.6 Å². The zero-order valence-corrected chi connectivity index (χ0v) is 15.9. The highest BCUT2D eigenvalue weighted by atomic mass is 35.5. The zero-order valence-electron chi connectivity index (χ0n) is 15.2. The number of benzene rings is 2. The largest absolute Gasteiger partial charge is 0.497 e. The van der Waals surface area contributed by atoms with Crippen molar-refractivity contribution in [1.82, 2.24) is 9.80 Å². The number of hydrogen-bond donors (Lipinski definition) is 0. The fourth-order valence-corrected chi connectivity index (χ4v) is 4.88. The van der Waals surface area contributed by atoms with Crippen LogP contribution in [0.15, 0.2) is 42.5 Å². The van der Waals surface area contributed by atoms with E-state index in [1.54, 1.807) is 13.2 Å². The number of fused-ring (bicyclic) bond motifs is 1. The van der Waals surface area contributed by atoms with Gasteiger partial charge in [0.25, 0.3) is 0 Å². The molecule has 0 spiro atoms. The smallest absolute Gasteiger partial charge is 0.141 e. The van der Waals surface area contributed by atoms with Crippen LogP contribution in [0.4, 0.5) is 4.39 Å². The Kier molecular flexibility index (Phi) is 4.91. The van der Waals surface area contributed by atoms with Gasteiger partial charge in [-0.25, -0.2) is 4.39 Å². The molecule has 0 bridgehead atoms. The first-order valence-electron chi connectivity index (χ1n) is 9.05. The summed E-state index contributed by atoms with van der Waals surface area (Å²) in [6.07, 6.45) is 0. The topological polar surface area (TPSA) is 15.7 Å². The van der Waals surface area contributed by atoms with Crippen molar-refractivity contribution in [2.45, 2.75) is 12.6 Å². The number of hydrogen-bond acceptors (Lipinski definition) is 3. The van der Waals surface area contributed by atoms with Crippen molar-refractivity contribution in [1.29, 1.82) is 0 Å². The Morgan fingerprint density at radius 1 is 1.12 bits per heavy atom. The minimum absolute atomic E-state index is 0.206. The molecule has 0 aliphatic carbocycles. The molecular weight excluding hydrogens is 351 g/mol. The highest BCUT2D eigenvalue weighted by molar-refractivity contribution is 6.30. The van der Waals surface area contributed by atoms with Gasteiger partial charge in [0.05, 0.1) is 12.1 Å². The van der Waals surface area contributed by atoms with Crippen LogP contribution in [0.2, 0.25) is 5.02 Å². The van der Waals surface area contributed by atoms with Gasteiger partial charge < -0.3 is 4.74 Å². The molecule has 138 valence electrons. The molecule has 0 aromatic heterocycles. The normalized spacial score (nSPS) is 26.2. The average molecular weight is 375 g/mol. The van der Waals surface area contributed by atoms with Crippen molar-refractivity contribution >= 4 is 11.6 Å². The van der Waals surface area contributed by atoms with Crippen LogP contribution in [0.5, 0.6) is 5.75 Å². The van der Waals surface area contributed by atoms with Gasteiger partial charge in [-0.05, 0) is 54.3 Å². The molecule has 2 aromatic rings. The molecule has 0 N–H and O–H groups in total. The molecule has 2 heterocycles. The summed E-state index contributed by atoms with van der Waals surface area (Å²) in [7, 11) is 3.92. The Labute approximate surface area is 159 Å². The molecule has 5 heteroatoms. The van der Waals surface area contributed by atoms with Gasteiger partial charge in [-0.1, -0.05) is 29.8 Å². The standard InChI is InChI=1S/C21H24ClFN2O/c1-24-11-16-12-25(10-14-3-8-20(23)19(22)9-14)13-18(16)21(24)15-4-6-17(26-2)7-5-15/h3-9,16,18,21H,10-13H2,1-2H3/t16-,18+,21-/m0/s1. The third-order valence-corrected chi connectivity index (χ3v) is 6.11. The van der Waals surface area contributed by atoms with E-state index in [4.69, 9.17) is 16.3 Å². The number of likely N-dealkylation sites (tertiary alicyclic amines) is 2. The maximum atomic E-state index is 13.4. The maximum absolute atomic E-state index is 13.4. The van der Waals surface area contributed by atoms with Gasteiger partial charge in [-0.3, -0.25) is 9.80 Å². The molecule has 4 rings (SSSR count). The second-order valence-electron chi connectivity index (χ2n) is 7.52. The van der Waals surface area contributed by atoms with Crippen molar-refractivity contribution in [3.05, 3.63) is 64.4 Å². The van der Waals surface area contributed by atoms with Crippen molar-refractivity contribution in [2.24, 2.45) is 11.8 Å². The van der Waals surface area contributed by atoms with E-state index in [1.807, 2.05) is 18.2 Å². The highest BCUT2D eigenvalue weighted by Gasteiger charge is 2.45. The van der Waals surface area contributed by atoms with Crippen LogP contribution in [0.1, 0.15) is 17.2 Å². The quantitative estimate of drug-likeness (QED) is 0.796. The number of nitrogens with zero attached hydrogens (tertiary/aromatic N) is 2. The lowest BCUT2D eigenvalue weighted by Gasteiger charge is -2.27. The summed E-state index contributed by atoms with van der Waals surface area (Å²) < 4.78 is 18.7. The molecule has 0 saturated carbocycles. The summed E-state index contributed by atoms with van der Waals surface area (Å²) in [5.74, 6) is 1.83. The molecule has 2 aliphatic rings. The number of rotatable bonds is 4. The first-order valence-corrected chi connectivity index (χ1v) is 9.43. The minimum Gasteiger partial charge on any atom is -0.497 e. The Hall–Kier alpha value is -1.62. The van der Waals surface area contributed by atoms with E-state index in [0.717, 1.165) is 37.5 Å². The van der Waals surface area contributed by atoms with Gasteiger partial charge in [0.15, 0.2) is 0 Å². The van der Waals surface area contributed by atoms with E-state index in [2.05, 4.69) is 29.0 Å². The van der Waals surface area contributed by atoms with Crippen LogP contribution in [-0.2, 0) is 6.54 Å². The van der Waals surface area contributed by atoms with E-state index in [9.17, 15) is 4.39 Å². The summed E-state index contributed by atoms with van der Waals surface area (Å²) in [6.45, 7) is 4.07. The maximum Gasteiger partial charge on any atom is 0.141 e. The zero-order chi connectivity index (χ0) is 18.3. The molecule has 0 amide bonds. The molecular formula is C21H24ClFN2O. The third-order valence-electron chi connectivity index (χ3n) is 5.82. The molecule has 0 radical (unpaired) electrons. The number of halogens is 2. The Morgan fingerprint density at radius 3 is 2.58 bits per heavy atom. The second-order valence-corrected chi connectivity index (χ2v) is 7.93. The molecule has 26 heavy (non-hydrogen) atoms. The first-order chi connectivity index (χ1) is 12.5. The van der Waals surface area contributed by atoms with Crippen molar-refractivity contribution < 1.29 is 9.13 Å². The van der Waals surface area contributed by atoms with Gasteiger partial charge in [-0.2, -0.15) is 0 Å². The van der Waals surface area contributed by atoms with Crippen LogP contribution in [-0.4, -0.2) is 43.6 Å². The van der Waals surface area contributed by atoms with Crippen LogP contribution >= 0.6 is 11.6 Å². The van der Waals surface area contributed by atoms with E-state index >= 15 is 0 Å². The summed E-state index contributed by atoms with van der Waals surface area (Å²) in [5, 5.41) is 0.206. The van der Waals surface area contributed by atoms with Gasteiger partial charge in [0, 0.05) is 32.2 Å². The summed E-state index contributed by atoms with van der Waals surface area (Å²) in [6, 6.07) is 13.9. The van der Waals surface area contributed by atoms with Gasteiger partial charge in [-0.15, -0.1) is 0 Å². The van der Waals surface area contributed by atoms with Crippen molar-refractivity contribution in [2.75, 3.05) is 33.8 Å². The van der Waals surface area contributed by atoms with Gasteiger partial charge >= 0.3 is 0 Å². The lowest BCUT2D eigenvalue weighted by atomic mass is 9.89. The minimum atomic E-state index is -0.352. The van der Waals surface area contributed by atoms with Crippen molar-refractivity contribution in [3.8, 4) is 5.75 Å². The molecule has 2 aliphatic heterocycles. The van der Waals surface area contributed by atoms with Crippen LogP contribution < -0.4 is 4.74 Å². The Balaban J connectivity index is 1.48. The molecule has 2 aromatic carbocycles. The molecule has 2 fully saturated rings. The third kappa shape index (κ3) is 3.34. The highest BCUT2D eigenvalue weighted by Crippen LogP contribution is 2.44. The number of methoxy groups -OCH3 is 1. The van der Waals surface area contributed by atoms with E-state index < -0.39 is 0 Å². The lowest BCUT2D eigenvalue weighted by molar-refractivity contribution is 0.224. The summed E-state index contributed by atoms with van der Waals surface area (Å²) >= 11 is 5.93.